The van der Waals surface area contributed by atoms with Gasteiger partial charge in [0, 0.05) is 11.2 Å². The normalized spacial score (nSPS) is 7.50. The molecule has 4 heavy (non-hydrogen) atoms. The quantitative estimate of drug-likeness (QED) is 0.414. The molecular formula is HCl2NS. The van der Waals surface area contributed by atoms with Crippen LogP contribution in [0.1, 0.15) is 0 Å². The van der Waals surface area contributed by atoms with Crippen molar-refractivity contribution in [2.75, 3.05) is 0 Å². The number of rotatable bonds is 1. The predicted octanol–water partition coefficient (Wildman–Crippen LogP) is 1.53. The number of nitrogens with one attached hydrogen (secondary N) is 1. The fourth-order valence-electron chi connectivity index (χ4n) is 0. The Morgan fingerprint density at radius 3 is 2.00 bits per heavy atom. The largest absolute Gasteiger partial charge is 0.163 e. The van der Waals surface area contributed by atoms with E-state index in [1.54, 1.807) is 0 Å². The minimum atomic E-state index is 0.844. The van der Waals surface area contributed by atoms with Crippen molar-refractivity contribution in [3.8, 4) is 0 Å². The lowest BCUT2D eigenvalue weighted by molar-refractivity contribution is 1.75. The highest BCUT2D eigenvalue weighted by molar-refractivity contribution is 8.20. The van der Waals surface area contributed by atoms with Crippen LogP contribution in [0.25, 0.3) is 0 Å². The van der Waals surface area contributed by atoms with Crippen LogP contribution in [0.15, 0.2) is 0 Å². The van der Waals surface area contributed by atoms with Crippen molar-refractivity contribution in [1.82, 2.24) is 4.24 Å². The molecule has 0 spiro atoms. The van der Waals surface area contributed by atoms with Crippen LogP contribution in [-0.4, -0.2) is 0 Å². The molecule has 26 valence electrons. The molecule has 0 aromatic carbocycles. The van der Waals surface area contributed by atoms with E-state index in [4.69, 9.17) is 22.5 Å². The summed E-state index contributed by atoms with van der Waals surface area (Å²) in [6, 6.07) is 0. The fourth-order valence-corrected chi connectivity index (χ4v) is 0. The Morgan fingerprint density at radius 2 is 2.00 bits per heavy atom. The van der Waals surface area contributed by atoms with Gasteiger partial charge in [-0.1, -0.05) is 0 Å². The predicted molar refractivity (Wildman–Crippen MR) is 22.4 cm³/mol. The monoisotopic (exact) mass is 117 g/mol. The van der Waals surface area contributed by atoms with E-state index in [2.05, 4.69) is 4.24 Å². The molecule has 0 radical (unpaired) electrons. The highest BCUT2D eigenvalue weighted by Crippen LogP contribution is 1.96. The molecule has 0 aromatic heterocycles. The Kier molecular flexibility index (Phi) is 4.76. The molecule has 0 bridgehead atoms. The molecule has 0 saturated heterocycles. The molecule has 4 heteroatoms. The van der Waals surface area contributed by atoms with Gasteiger partial charge < -0.3 is 0 Å². The van der Waals surface area contributed by atoms with Crippen LogP contribution in [0, 0.1) is 0 Å². The molecule has 0 unspecified atom stereocenters. The van der Waals surface area contributed by atoms with Crippen molar-refractivity contribution < 1.29 is 0 Å². The van der Waals surface area contributed by atoms with Crippen LogP contribution in [-0.2, 0) is 0 Å². The molecule has 0 rings (SSSR count). The third-order valence-electron chi connectivity index (χ3n) is 0.0292. The molecule has 0 aromatic rings. The summed E-state index contributed by atoms with van der Waals surface area (Å²) in [5.74, 6) is 0. The molecule has 1 nitrogen and oxygen atoms in total. The van der Waals surface area contributed by atoms with Gasteiger partial charge in [-0.2, -0.15) is 4.24 Å². The molecule has 0 saturated carbocycles. The molecular weight excluding hydrogens is 117 g/mol. The minimum absolute atomic E-state index is 0.844. The fraction of sp³-hybridized carbons (Fsp3) is 0. The average Bonchev–Trinajstić information content (AvgIpc) is 1.37. The SMILES string of the molecule is ClNSCl. The van der Waals surface area contributed by atoms with E-state index in [0.717, 1.165) is 11.2 Å². The summed E-state index contributed by atoms with van der Waals surface area (Å²) in [6.07, 6.45) is 0. The van der Waals surface area contributed by atoms with Gasteiger partial charge in [0.1, 0.15) is 0 Å². The smallest absolute Gasteiger partial charge is 0.0434 e. The van der Waals surface area contributed by atoms with E-state index < -0.39 is 0 Å². The maximum absolute atomic E-state index is 4.86. The molecule has 0 amide bonds. The second-order valence-corrected chi connectivity index (χ2v) is 1.39. The first-order valence-electron chi connectivity index (χ1n) is 0.547. The lowest BCUT2D eigenvalue weighted by Crippen LogP contribution is -1.66. The van der Waals surface area contributed by atoms with E-state index in [-0.39, 0.29) is 0 Å². The van der Waals surface area contributed by atoms with Crippen molar-refractivity contribution in [2.24, 2.45) is 0 Å². The first-order chi connectivity index (χ1) is 1.91. The molecule has 0 aliphatic carbocycles. The maximum Gasteiger partial charge on any atom is 0.0434 e. The average molecular weight is 118 g/mol. The molecule has 0 atom stereocenters. The van der Waals surface area contributed by atoms with E-state index in [9.17, 15) is 0 Å². The van der Waals surface area contributed by atoms with Crippen molar-refractivity contribution in [3.05, 3.63) is 0 Å². The Bertz CT molecular complexity index is 8.00. The van der Waals surface area contributed by atoms with Crippen molar-refractivity contribution in [1.29, 1.82) is 0 Å². The minimum Gasteiger partial charge on any atom is -0.163 e. The Hall–Kier alpha value is 0.890. The second kappa shape index (κ2) is 3.89. The van der Waals surface area contributed by atoms with Gasteiger partial charge in [-0.15, -0.1) is 0 Å². The van der Waals surface area contributed by atoms with Gasteiger partial charge in [0.15, 0.2) is 0 Å². The van der Waals surface area contributed by atoms with Crippen LogP contribution in [0.2, 0.25) is 0 Å². The van der Waals surface area contributed by atoms with Crippen molar-refractivity contribution in [3.63, 3.8) is 0 Å². The van der Waals surface area contributed by atoms with Gasteiger partial charge in [0.05, 0.1) is 0 Å². The second-order valence-electron chi connectivity index (χ2n) is 0.154. The number of hydrogen-bond acceptors (Lipinski definition) is 2. The Labute approximate surface area is 38.4 Å². The first-order valence-corrected chi connectivity index (χ1v) is 2.57. The Morgan fingerprint density at radius 1 is 1.75 bits per heavy atom. The van der Waals surface area contributed by atoms with Crippen molar-refractivity contribution in [2.45, 2.75) is 0 Å². The van der Waals surface area contributed by atoms with Gasteiger partial charge in [-0.3, -0.25) is 0 Å². The van der Waals surface area contributed by atoms with Gasteiger partial charge in [-0.05, 0) is 22.5 Å². The molecule has 0 heterocycles. The lowest BCUT2D eigenvalue weighted by Gasteiger charge is -1.67. The summed E-state index contributed by atoms with van der Waals surface area (Å²) < 4.78 is 2.08. The standard InChI is InChI=1S/Cl2HNS/c1-3-4-2/h3H. The van der Waals surface area contributed by atoms with Crippen molar-refractivity contribution >= 4 is 33.6 Å². The summed E-state index contributed by atoms with van der Waals surface area (Å²) in [7, 11) is 4.86. The van der Waals surface area contributed by atoms with Crippen LogP contribution >= 0.6 is 33.6 Å². The molecule has 0 fully saturated rings. The maximum atomic E-state index is 4.86. The molecule has 0 aliphatic heterocycles. The number of halogens is 2. The third-order valence-corrected chi connectivity index (χ3v) is 0.787. The van der Waals surface area contributed by atoms with Crippen LogP contribution in [0.5, 0.6) is 0 Å². The summed E-state index contributed by atoms with van der Waals surface area (Å²) >= 11 is 5.61. The van der Waals surface area contributed by atoms with E-state index >= 15 is 0 Å². The van der Waals surface area contributed by atoms with Gasteiger partial charge in [0.25, 0.3) is 0 Å². The van der Waals surface area contributed by atoms with E-state index in [0.29, 0.717) is 0 Å². The van der Waals surface area contributed by atoms with Gasteiger partial charge >= 0.3 is 0 Å². The summed E-state index contributed by atoms with van der Waals surface area (Å²) in [6.45, 7) is 0. The van der Waals surface area contributed by atoms with Crippen LogP contribution < -0.4 is 4.24 Å². The third kappa shape index (κ3) is 2.89. The molecule has 1 N–H and O–H groups in total. The van der Waals surface area contributed by atoms with E-state index in [1.165, 1.54) is 0 Å². The van der Waals surface area contributed by atoms with Crippen LogP contribution in [0.4, 0.5) is 0 Å². The highest BCUT2D eigenvalue weighted by Gasteiger charge is 1.57. The Balaban J connectivity index is 1.97. The summed E-state index contributed by atoms with van der Waals surface area (Å²) in [5.41, 5.74) is 0. The molecule has 0 aliphatic rings. The van der Waals surface area contributed by atoms with Crippen LogP contribution in [0.3, 0.4) is 0 Å². The van der Waals surface area contributed by atoms with E-state index in [1.807, 2.05) is 0 Å². The zero-order chi connectivity index (χ0) is 3.41. The first kappa shape index (κ1) is 4.89. The lowest BCUT2D eigenvalue weighted by atomic mass is 13.9. The summed E-state index contributed by atoms with van der Waals surface area (Å²) in [5, 5.41) is 0. The van der Waals surface area contributed by atoms with Gasteiger partial charge in [0.2, 0.25) is 0 Å². The zero-order valence-electron chi connectivity index (χ0n) is 1.66. The topological polar surface area (TPSA) is 12.0 Å². The summed E-state index contributed by atoms with van der Waals surface area (Å²) in [4.78, 5) is 0. The highest BCUT2D eigenvalue weighted by atomic mass is 35.7. The zero-order valence-corrected chi connectivity index (χ0v) is 3.99. The van der Waals surface area contributed by atoms with Gasteiger partial charge in [-0.25, -0.2) is 0 Å². The number of hydrogen-bond donors (Lipinski definition) is 1.